The Balaban J connectivity index is 2.32. The molecule has 1 unspecified atom stereocenters. The van der Waals surface area contributed by atoms with Crippen LogP contribution in [0.25, 0.3) is 0 Å². The van der Waals surface area contributed by atoms with E-state index < -0.39 is 47.0 Å². The van der Waals surface area contributed by atoms with Gasteiger partial charge in [-0.25, -0.2) is 9.78 Å². The van der Waals surface area contributed by atoms with Gasteiger partial charge in [-0.1, -0.05) is 13.8 Å². The van der Waals surface area contributed by atoms with Crippen LogP contribution in [0.5, 0.6) is 0 Å². The molecular weight excluding hydrogens is 494 g/mol. The molecule has 0 bridgehead atoms. The van der Waals surface area contributed by atoms with Gasteiger partial charge < -0.3 is 14.5 Å². The largest absolute Gasteiger partial charge is 0.460 e. The van der Waals surface area contributed by atoms with Crippen LogP contribution in [0.15, 0.2) is 30.6 Å². The number of carbonyl (C=O) groups excluding carboxylic acids is 2. The molecule has 0 fully saturated rings. The van der Waals surface area contributed by atoms with E-state index in [2.05, 4.69) is 9.97 Å². The third-order valence-corrected chi connectivity index (χ3v) is 5.59. The van der Waals surface area contributed by atoms with Gasteiger partial charge in [0.05, 0.1) is 22.9 Å². The van der Waals surface area contributed by atoms with E-state index in [4.69, 9.17) is 4.74 Å². The third kappa shape index (κ3) is 7.15. The van der Waals surface area contributed by atoms with Crippen molar-refractivity contribution in [2.24, 2.45) is 0 Å². The average molecular weight is 520 g/mol. The van der Waals surface area contributed by atoms with Gasteiger partial charge in [-0.2, -0.15) is 26.3 Å². The van der Waals surface area contributed by atoms with E-state index in [1.54, 1.807) is 0 Å². The summed E-state index contributed by atoms with van der Waals surface area (Å²) < 4.78 is 84.4. The monoisotopic (exact) mass is 520 g/mol. The molecule has 1 heterocycles. The van der Waals surface area contributed by atoms with Crippen LogP contribution in [-0.4, -0.2) is 64.9 Å². The molecule has 7 nitrogen and oxygen atoms in total. The van der Waals surface area contributed by atoms with Gasteiger partial charge in [-0.05, 0) is 38.2 Å². The predicted octanol–water partition coefficient (Wildman–Crippen LogP) is 4.85. The number of alkyl halides is 6. The topological polar surface area (TPSA) is 75.6 Å². The van der Waals surface area contributed by atoms with Gasteiger partial charge in [-0.15, -0.1) is 0 Å². The van der Waals surface area contributed by atoms with Crippen LogP contribution >= 0.6 is 0 Å². The quantitative estimate of drug-likeness (QED) is 0.348. The van der Waals surface area contributed by atoms with Crippen molar-refractivity contribution in [3.63, 3.8) is 0 Å². The molecule has 1 aromatic carbocycles. The Hall–Kier alpha value is -3.22. The van der Waals surface area contributed by atoms with Gasteiger partial charge >= 0.3 is 18.3 Å². The molecular formula is C23H26F6N4O3. The Bertz CT molecular complexity index is 1040. The number of nitrogens with zero attached hydrogens (tertiary/aromatic N) is 4. The van der Waals surface area contributed by atoms with Crippen molar-refractivity contribution in [3.8, 4) is 0 Å². The molecule has 198 valence electrons. The summed E-state index contributed by atoms with van der Waals surface area (Å²) in [6.07, 6.45) is -7.74. The molecule has 0 radical (unpaired) electrons. The van der Waals surface area contributed by atoms with Gasteiger partial charge in [0.2, 0.25) is 0 Å². The molecule has 0 aliphatic rings. The summed E-state index contributed by atoms with van der Waals surface area (Å²) in [5.41, 5.74) is -4.29. The lowest BCUT2D eigenvalue weighted by Gasteiger charge is -2.26. The fourth-order valence-corrected chi connectivity index (χ4v) is 3.33. The highest BCUT2D eigenvalue weighted by Crippen LogP contribution is 2.37. The van der Waals surface area contributed by atoms with Gasteiger partial charge in [0, 0.05) is 31.5 Å². The standard InChI is InChI=1S/C23H26F6N4O3/c1-5-33(6-2)9-10-36-21(35)19-18(30-7-8-31-19)14(3)32(4)20(34)15-11-16(22(24,25)26)13-17(12-15)23(27,28)29/h7-8,11-14H,5-6,9-10H2,1-4H3. The first-order valence-electron chi connectivity index (χ1n) is 11.0. The lowest BCUT2D eigenvalue weighted by atomic mass is 10.0. The van der Waals surface area contributed by atoms with Crippen LogP contribution < -0.4 is 0 Å². The predicted molar refractivity (Wildman–Crippen MR) is 117 cm³/mol. The number of halogens is 6. The third-order valence-electron chi connectivity index (χ3n) is 5.59. The van der Waals surface area contributed by atoms with Gasteiger partial charge in [-0.3, -0.25) is 9.78 Å². The molecule has 2 rings (SSSR count). The van der Waals surface area contributed by atoms with Gasteiger partial charge in [0.1, 0.15) is 6.61 Å². The SMILES string of the molecule is CCN(CC)CCOC(=O)c1nccnc1C(C)N(C)C(=O)c1cc(C(F)(F)F)cc(C(F)(F)F)c1. The fraction of sp³-hybridized carbons (Fsp3) is 0.478. The zero-order valence-corrected chi connectivity index (χ0v) is 20.1. The second-order valence-electron chi connectivity index (χ2n) is 7.84. The van der Waals surface area contributed by atoms with E-state index in [1.807, 2.05) is 18.7 Å². The summed E-state index contributed by atoms with van der Waals surface area (Å²) >= 11 is 0. The van der Waals surface area contributed by atoms with E-state index in [9.17, 15) is 35.9 Å². The van der Waals surface area contributed by atoms with Gasteiger partial charge in [0.25, 0.3) is 5.91 Å². The maximum Gasteiger partial charge on any atom is 0.416 e. The van der Waals surface area contributed by atoms with Crippen LogP contribution in [0, 0.1) is 0 Å². The normalized spacial score (nSPS) is 13.0. The average Bonchev–Trinajstić information content (AvgIpc) is 2.83. The maximum absolute atomic E-state index is 13.2. The zero-order chi connectivity index (χ0) is 27.3. The van der Waals surface area contributed by atoms with E-state index in [0.29, 0.717) is 18.7 Å². The molecule has 0 saturated heterocycles. The van der Waals surface area contributed by atoms with E-state index >= 15 is 0 Å². The highest BCUT2D eigenvalue weighted by Gasteiger charge is 2.38. The smallest absolute Gasteiger partial charge is 0.416 e. The van der Waals surface area contributed by atoms with Gasteiger partial charge in [0.15, 0.2) is 5.69 Å². The minimum Gasteiger partial charge on any atom is -0.460 e. The number of amides is 1. The Morgan fingerprint density at radius 2 is 1.47 bits per heavy atom. The molecule has 0 aliphatic carbocycles. The number of esters is 1. The van der Waals surface area contributed by atoms with Crippen LogP contribution in [0.1, 0.15) is 64.5 Å². The number of likely N-dealkylation sites (N-methyl/N-ethyl adjacent to an activating group) is 1. The second kappa shape index (κ2) is 11.7. The molecule has 1 atom stereocenters. The van der Waals surface area contributed by atoms with E-state index in [1.165, 1.54) is 26.4 Å². The van der Waals surface area contributed by atoms with Crippen molar-refractivity contribution in [2.45, 2.75) is 39.2 Å². The molecule has 0 N–H and O–H groups in total. The number of aromatic nitrogens is 2. The zero-order valence-electron chi connectivity index (χ0n) is 20.1. The van der Waals surface area contributed by atoms with Crippen molar-refractivity contribution in [3.05, 3.63) is 58.7 Å². The summed E-state index contributed by atoms with van der Waals surface area (Å²) in [6, 6.07) is -0.407. The van der Waals surface area contributed by atoms with Crippen molar-refractivity contribution in [2.75, 3.05) is 33.3 Å². The van der Waals surface area contributed by atoms with Crippen molar-refractivity contribution >= 4 is 11.9 Å². The number of rotatable bonds is 9. The molecule has 1 aromatic heterocycles. The first-order valence-corrected chi connectivity index (χ1v) is 11.0. The Labute approximate surface area is 204 Å². The van der Waals surface area contributed by atoms with Crippen molar-refractivity contribution < 1.29 is 40.7 Å². The molecule has 1 amide bonds. The number of hydrogen-bond donors (Lipinski definition) is 0. The molecule has 0 spiro atoms. The number of ether oxygens (including phenoxy) is 1. The summed E-state index contributed by atoms with van der Waals surface area (Å²) in [4.78, 5) is 36.5. The maximum atomic E-state index is 13.2. The summed E-state index contributed by atoms with van der Waals surface area (Å²) in [5, 5.41) is 0. The van der Waals surface area contributed by atoms with Crippen LogP contribution in [0.4, 0.5) is 26.3 Å². The lowest BCUT2D eigenvalue weighted by Crippen LogP contribution is -2.32. The fourth-order valence-electron chi connectivity index (χ4n) is 3.33. The Morgan fingerprint density at radius 3 is 1.97 bits per heavy atom. The minimum absolute atomic E-state index is 0.0239. The Kier molecular flexibility index (Phi) is 9.41. The van der Waals surface area contributed by atoms with Crippen molar-refractivity contribution in [1.82, 2.24) is 19.8 Å². The summed E-state index contributed by atoms with van der Waals surface area (Å²) in [7, 11) is 1.17. The number of benzene rings is 1. The first-order chi connectivity index (χ1) is 16.7. The highest BCUT2D eigenvalue weighted by atomic mass is 19.4. The molecule has 2 aromatic rings. The minimum atomic E-state index is -5.10. The lowest BCUT2D eigenvalue weighted by molar-refractivity contribution is -0.143. The Morgan fingerprint density at radius 1 is 0.944 bits per heavy atom. The first kappa shape index (κ1) is 29.0. The second-order valence-corrected chi connectivity index (χ2v) is 7.84. The number of carbonyl (C=O) groups is 2. The molecule has 36 heavy (non-hydrogen) atoms. The highest BCUT2D eigenvalue weighted by molar-refractivity contribution is 5.95. The van der Waals surface area contributed by atoms with Crippen LogP contribution in [0.3, 0.4) is 0 Å². The van der Waals surface area contributed by atoms with Crippen molar-refractivity contribution in [1.29, 1.82) is 0 Å². The summed E-state index contributed by atoms with van der Waals surface area (Å²) in [6.45, 7) is 7.34. The van der Waals surface area contributed by atoms with E-state index in [0.717, 1.165) is 18.0 Å². The van der Waals surface area contributed by atoms with Crippen LogP contribution in [0.2, 0.25) is 0 Å². The number of hydrogen-bond acceptors (Lipinski definition) is 6. The molecule has 0 saturated carbocycles. The van der Waals surface area contributed by atoms with Crippen LogP contribution in [-0.2, 0) is 17.1 Å². The summed E-state index contributed by atoms with van der Waals surface area (Å²) in [5.74, 6) is -1.96. The molecule has 13 heteroatoms. The van der Waals surface area contributed by atoms with E-state index in [-0.39, 0.29) is 24.1 Å². The molecule has 0 aliphatic heterocycles.